The van der Waals surface area contributed by atoms with E-state index in [1.165, 1.54) is 5.56 Å². The fraction of sp³-hybridized carbons (Fsp3) is 0.571. The predicted molar refractivity (Wildman–Crippen MR) is 85.8 cm³/mol. The third-order valence-electron chi connectivity index (χ3n) is 2.44. The zero-order chi connectivity index (χ0) is 14.6. The molecule has 0 atom stereocenters. The zero-order valence-electron chi connectivity index (χ0n) is 11.6. The van der Waals surface area contributed by atoms with E-state index in [-0.39, 0.29) is 0 Å². The molecule has 1 aromatic rings. The van der Waals surface area contributed by atoms with Crippen LogP contribution in [-0.2, 0) is 19.5 Å². The summed E-state index contributed by atoms with van der Waals surface area (Å²) in [4.78, 5) is 0. The minimum absolute atomic E-state index is 0.518. The van der Waals surface area contributed by atoms with Crippen LogP contribution in [0.15, 0.2) is 22.7 Å². The van der Waals surface area contributed by atoms with E-state index in [1.54, 1.807) is 7.11 Å². The Morgan fingerprint density at radius 2 is 1.60 bits per heavy atom. The second-order valence-corrected chi connectivity index (χ2v) is 5.38. The van der Waals surface area contributed by atoms with E-state index in [0.717, 1.165) is 15.6 Å². The van der Waals surface area contributed by atoms with Crippen molar-refractivity contribution in [2.24, 2.45) is 0 Å². The first-order valence-electron chi connectivity index (χ1n) is 6.39. The smallest absolute Gasteiger partial charge is 0.133 e. The molecule has 0 aliphatic heterocycles. The summed E-state index contributed by atoms with van der Waals surface area (Å²) in [6.45, 7) is 3.42. The van der Waals surface area contributed by atoms with Crippen LogP contribution in [0.2, 0.25) is 0 Å². The largest absolute Gasteiger partial charge is 0.490 e. The molecule has 0 unspecified atom stereocenters. The van der Waals surface area contributed by atoms with Crippen molar-refractivity contribution in [3.05, 3.63) is 28.2 Å². The van der Waals surface area contributed by atoms with Crippen molar-refractivity contribution in [2.75, 3.05) is 46.8 Å². The van der Waals surface area contributed by atoms with Crippen LogP contribution in [0.1, 0.15) is 5.56 Å². The molecule has 0 aromatic heterocycles. The number of benzene rings is 1. The molecule has 0 aliphatic rings. The molecule has 0 heterocycles. The van der Waals surface area contributed by atoms with Gasteiger partial charge in [0.25, 0.3) is 0 Å². The van der Waals surface area contributed by atoms with Crippen LogP contribution < -0.4 is 4.74 Å². The Hall–Kier alpha value is -0.140. The van der Waals surface area contributed by atoms with Gasteiger partial charge in [0.15, 0.2) is 0 Å². The Bertz CT molecular complexity index is 374. The number of methoxy groups -OCH3 is 1. The van der Waals surface area contributed by atoms with E-state index in [2.05, 4.69) is 31.9 Å². The molecule has 0 aliphatic carbocycles. The number of hydrogen-bond acceptors (Lipinski definition) is 4. The maximum absolute atomic E-state index is 5.63. The summed E-state index contributed by atoms with van der Waals surface area (Å²) in [5, 5.41) is 0.831. The number of alkyl halides is 1. The summed E-state index contributed by atoms with van der Waals surface area (Å²) in [7, 11) is 1.65. The summed E-state index contributed by atoms with van der Waals surface area (Å²) in [5.74, 6) is 0.828. The topological polar surface area (TPSA) is 36.9 Å². The highest BCUT2D eigenvalue weighted by molar-refractivity contribution is 9.10. The second-order valence-electron chi connectivity index (χ2n) is 3.96. The maximum Gasteiger partial charge on any atom is 0.133 e. The Kier molecular flexibility index (Phi) is 10.3. The highest BCUT2D eigenvalue weighted by Gasteiger charge is 2.02. The number of ether oxygens (including phenoxy) is 4. The molecule has 0 bridgehead atoms. The molecule has 0 amide bonds. The lowest BCUT2D eigenvalue weighted by Crippen LogP contribution is -2.12. The number of hydrogen-bond donors (Lipinski definition) is 0. The van der Waals surface area contributed by atoms with Crippen molar-refractivity contribution < 1.29 is 18.9 Å². The summed E-state index contributed by atoms with van der Waals surface area (Å²) < 4.78 is 22.1. The van der Waals surface area contributed by atoms with E-state index >= 15 is 0 Å². The van der Waals surface area contributed by atoms with Crippen LogP contribution in [0, 0.1) is 0 Å². The Labute approximate surface area is 137 Å². The van der Waals surface area contributed by atoms with Crippen molar-refractivity contribution in [1.82, 2.24) is 0 Å². The lowest BCUT2D eigenvalue weighted by atomic mass is 10.2. The SMILES string of the molecule is COCCOCCOCCOc1ccc(CBr)cc1Br. The predicted octanol–water partition coefficient (Wildman–Crippen LogP) is 3.40. The number of halogens is 2. The Balaban J connectivity index is 2.06. The Morgan fingerprint density at radius 1 is 0.950 bits per heavy atom. The summed E-state index contributed by atoms with van der Waals surface area (Å²) >= 11 is 6.91. The van der Waals surface area contributed by atoms with Gasteiger partial charge >= 0.3 is 0 Å². The molecule has 4 nitrogen and oxygen atoms in total. The van der Waals surface area contributed by atoms with Crippen LogP contribution in [-0.4, -0.2) is 46.8 Å². The van der Waals surface area contributed by atoms with Gasteiger partial charge < -0.3 is 18.9 Å². The van der Waals surface area contributed by atoms with Crippen LogP contribution in [0.5, 0.6) is 5.75 Å². The monoisotopic (exact) mass is 410 g/mol. The van der Waals surface area contributed by atoms with Crippen molar-refractivity contribution in [3.8, 4) is 5.75 Å². The van der Waals surface area contributed by atoms with Crippen LogP contribution >= 0.6 is 31.9 Å². The lowest BCUT2D eigenvalue weighted by Gasteiger charge is -2.10. The van der Waals surface area contributed by atoms with Gasteiger partial charge in [-0.25, -0.2) is 0 Å². The van der Waals surface area contributed by atoms with Gasteiger partial charge in [-0.15, -0.1) is 0 Å². The van der Waals surface area contributed by atoms with Crippen molar-refractivity contribution >= 4 is 31.9 Å². The molecule has 0 saturated heterocycles. The highest BCUT2D eigenvalue weighted by atomic mass is 79.9. The molecule has 0 saturated carbocycles. The second kappa shape index (κ2) is 11.5. The lowest BCUT2D eigenvalue weighted by molar-refractivity contribution is 0.0179. The van der Waals surface area contributed by atoms with Crippen molar-refractivity contribution in [3.63, 3.8) is 0 Å². The van der Waals surface area contributed by atoms with Crippen molar-refractivity contribution in [2.45, 2.75) is 5.33 Å². The first-order chi connectivity index (χ1) is 9.77. The normalized spacial score (nSPS) is 10.8. The van der Waals surface area contributed by atoms with Gasteiger partial charge in [0, 0.05) is 12.4 Å². The molecule has 0 spiro atoms. The first-order valence-corrected chi connectivity index (χ1v) is 8.31. The molecule has 0 fully saturated rings. The van der Waals surface area contributed by atoms with Gasteiger partial charge in [0.1, 0.15) is 12.4 Å². The van der Waals surface area contributed by atoms with Crippen LogP contribution in [0.25, 0.3) is 0 Å². The zero-order valence-corrected chi connectivity index (χ0v) is 14.7. The van der Waals surface area contributed by atoms with E-state index in [1.807, 2.05) is 18.2 Å². The van der Waals surface area contributed by atoms with Gasteiger partial charge in [-0.1, -0.05) is 22.0 Å². The Morgan fingerprint density at radius 3 is 2.20 bits per heavy atom. The van der Waals surface area contributed by atoms with Gasteiger partial charge in [-0.05, 0) is 33.6 Å². The molecular formula is C14H20Br2O4. The first kappa shape index (κ1) is 17.9. The summed E-state index contributed by atoms with van der Waals surface area (Å²) in [6.07, 6.45) is 0. The van der Waals surface area contributed by atoms with E-state index in [4.69, 9.17) is 18.9 Å². The van der Waals surface area contributed by atoms with Gasteiger partial charge in [0.2, 0.25) is 0 Å². The average molecular weight is 412 g/mol. The average Bonchev–Trinajstić information content (AvgIpc) is 2.47. The molecule has 0 N–H and O–H groups in total. The third-order valence-corrected chi connectivity index (χ3v) is 3.71. The van der Waals surface area contributed by atoms with Gasteiger partial charge in [0.05, 0.1) is 37.5 Å². The minimum atomic E-state index is 0.518. The molecule has 20 heavy (non-hydrogen) atoms. The molecule has 1 aromatic carbocycles. The van der Waals surface area contributed by atoms with Gasteiger partial charge in [-0.2, -0.15) is 0 Å². The fourth-order valence-corrected chi connectivity index (χ4v) is 2.31. The highest BCUT2D eigenvalue weighted by Crippen LogP contribution is 2.26. The number of rotatable bonds is 11. The van der Waals surface area contributed by atoms with E-state index in [0.29, 0.717) is 39.6 Å². The van der Waals surface area contributed by atoms with E-state index in [9.17, 15) is 0 Å². The maximum atomic E-state index is 5.63. The summed E-state index contributed by atoms with van der Waals surface area (Å²) in [6, 6.07) is 6.02. The third kappa shape index (κ3) is 7.59. The molecule has 0 radical (unpaired) electrons. The molecule has 6 heteroatoms. The molecule has 1 rings (SSSR count). The fourth-order valence-electron chi connectivity index (χ4n) is 1.42. The van der Waals surface area contributed by atoms with E-state index < -0.39 is 0 Å². The van der Waals surface area contributed by atoms with Gasteiger partial charge in [-0.3, -0.25) is 0 Å². The molecule has 114 valence electrons. The molecular weight excluding hydrogens is 392 g/mol. The minimum Gasteiger partial charge on any atom is -0.490 e. The van der Waals surface area contributed by atoms with Crippen LogP contribution in [0.4, 0.5) is 0 Å². The standard InChI is InChI=1S/C14H20Br2O4/c1-17-4-5-18-6-7-19-8-9-20-14-3-2-12(11-15)10-13(14)16/h2-3,10H,4-9,11H2,1H3. The van der Waals surface area contributed by atoms with Crippen LogP contribution in [0.3, 0.4) is 0 Å². The quantitative estimate of drug-likeness (QED) is 0.413. The van der Waals surface area contributed by atoms with Crippen molar-refractivity contribution in [1.29, 1.82) is 0 Å². The summed E-state index contributed by atoms with van der Waals surface area (Å²) in [5.41, 5.74) is 1.20.